The zero-order valence-corrected chi connectivity index (χ0v) is 13.2. The molecule has 2 amide bonds. The van der Waals surface area contributed by atoms with E-state index in [2.05, 4.69) is 20.9 Å². The number of halogens is 1. The summed E-state index contributed by atoms with van der Waals surface area (Å²) in [6.07, 6.45) is 1.68. The van der Waals surface area contributed by atoms with E-state index in [1.54, 1.807) is 12.3 Å². The zero-order chi connectivity index (χ0) is 14.9. The van der Waals surface area contributed by atoms with Crippen molar-refractivity contribution in [3.05, 3.63) is 34.9 Å². The van der Waals surface area contributed by atoms with E-state index in [1.165, 1.54) is 4.90 Å². The molecule has 4 nitrogen and oxygen atoms in total. The Bertz CT molecular complexity index is 791. The van der Waals surface area contributed by atoms with E-state index in [4.69, 9.17) is 0 Å². The molecule has 2 aromatic rings. The van der Waals surface area contributed by atoms with Crippen molar-refractivity contribution in [3.63, 3.8) is 0 Å². The predicted octanol–water partition coefficient (Wildman–Crippen LogP) is 3.14. The molecule has 2 aliphatic rings. The first-order valence-electron chi connectivity index (χ1n) is 6.85. The van der Waals surface area contributed by atoms with E-state index in [9.17, 15) is 9.59 Å². The van der Waals surface area contributed by atoms with Crippen LogP contribution in [-0.2, 0) is 9.59 Å². The number of aromatic nitrogens is 1. The highest BCUT2D eigenvalue weighted by atomic mass is 79.9. The van der Waals surface area contributed by atoms with E-state index in [0.717, 1.165) is 9.86 Å². The van der Waals surface area contributed by atoms with E-state index in [1.807, 2.05) is 32.0 Å². The van der Waals surface area contributed by atoms with Gasteiger partial charge in [-0.2, -0.15) is 0 Å². The molecule has 1 aromatic carbocycles. The highest BCUT2D eigenvalue weighted by Gasteiger charge is 2.72. The van der Waals surface area contributed by atoms with Crippen LogP contribution < -0.4 is 4.90 Å². The van der Waals surface area contributed by atoms with E-state index >= 15 is 0 Å². The number of piperidine rings is 1. The summed E-state index contributed by atoms with van der Waals surface area (Å²) < 4.78 is 0.871. The highest BCUT2D eigenvalue weighted by Crippen LogP contribution is 2.63. The Morgan fingerprint density at radius 3 is 2.52 bits per heavy atom. The van der Waals surface area contributed by atoms with Gasteiger partial charge in [-0.3, -0.25) is 14.6 Å². The number of rotatable bonds is 1. The molecule has 1 saturated heterocycles. The first kappa shape index (κ1) is 13.0. The molecule has 4 rings (SSSR count). The number of anilines is 1. The standard InChI is InChI=1S/C16H13BrN2O2/c1-16(2)11-12(16)15(21)19(14(11)20)10-5-3-4-8-6-9(17)7-18-13(8)10/h3-7,11-12H,1-2H3. The fraction of sp³-hybridized carbons (Fsp3) is 0.312. The van der Waals surface area contributed by atoms with Crippen molar-refractivity contribution < 1.29 is 9.59 Å². The smallest absolute Gasteiger partial charge is 0.238 e. The van der Waals surface area contributed by atoms with Crippen LogP contribution in [0.4, 0.5) is 5.69 Å². The molecule has 2 fully saturated rings. The fourth-order valence-corrected chi connectivity index (χ4v) is 3.83. The topological polar surface area (TPSA) is 50.3 Å². The number of fused-ring (bicyclic) bond motifs is 2. The number of benzene rings is 1. The van der Waals surface area contributed by atoms with Crippen molar-refractivity contribution in [2.45, 2.75) is 13.8 Å². The summed E-state index contributed by atoms with van der Waals surface area (Å²) in [7, 11) is 0. The maximum absolute atomic E-state index is 12.6. The Morgan fingerprint density at radius 2 is 1.86 bits per heavy atom. The molecule has 1 saturated carbocycles. The van der Waals surface area contributed by atoms with Crippen LogP contribution in [0.25, 0.3) is 10.9 Å². The maximum atomic E-state index is 12.6. The Labute approximate surface area is 130 Å². The number of pyridine rings is 1. The predicted molar refractivity (Wildman–Crippen MR) is 82.7 cm³/mol. The minimum Gasteiger partial charge on any atom is -0.274 e. The van der Waals surface area contributed by atoms with Gasteiger partial charge in [0, 0.05) is 16.1 Å². The SMILES string of the molecule is CC1(C)C2C(=O)N(c3cccc4cc(Br)cnc34)C(=O)C21. The number of amides is 2. The second-order valence-corrected chi connectivity index (χ2v) is 7.21. The summed E-state index contributed by atoms with van der Waals surface area (Å²) in [6.45, 7) is 3.96. The minimum atomic E-state index is -0.189. The van der Waals surface area contributed by atoms with E-state index in [0.29, 0.717) is 11.2 Å². The Kier molecular flexibility index (Phi) is 2.41. The number of hydrogen-bond acceptors (Lipinski definition) is 3. The maximum Gasteiger partial charge on any atom is 0.238 e. The largest absolute Gasteiger partial charge is 0.274 e. The Hall–Kier alpha value is -1.75. The number of nitrogens with zero attached hydrogens (tertiary/aromatic N) is 2. The number of hydrogen-bond donors (Lipinski definition) is 0. The molecule has 0 spiro atoms. The summed E-state index contributed by atoms with van der Waals surface area (Å²) in [5, 5.41) is 0.905. The van der Waals surface area contributed by atoms with Crippen LogP contribution in [0, 0.1) is 17.3 Å². The van der Waals surface area contributed by atoms with Crippen molar-refractivity contribution in [1.29, 1.82) is 0 Å². The third-order valence-corrected chi connectivity index (χ3v) is 5.13. The van der Waals surface area contributed by atoms with Gasteiger partial charge in [-0.05, 0) is 33.5 Å². The number of carbonyl (C=O) groups is 2. The molecule has 1 aliphatic carbocycles. The van der Waals surface area contributed by atoms with Crippen LogP contribution in [0.5, 0.6) is 0 Å². The van der Waals surface area contributed by atoms with Gasteiger partial charge in [0.15, 0.2) is 0 Å². The first-order chi connectivity index (χ1) is 9.93. The molecule has 2 unspecified atom stereocenters. The molecule has 2 atom stereocenters. The fourth-order valence-electron chi connectivity index (χ4n) is 3.48. The van der Waals surface area contributed by atoms with Gasteiger partial charge in [-0.1, -0.05) is 26.0 Å². The zero-order valence-electron chi connectivity index (χ0n) is 11.6. The molecule has 2 heterocycles. The lowest BCUT2D eigenvalue weighted by molar-refractivity contribution is -0.125. The van der Waals surface area contributed by atoms with E-state index < -0.39 is 0 Å². The van der Waals surface area contributed by atoms with Crippen molar-refractivity contribution in [2.75, 3.05) is 4.90 Å². The van der Waals surface area contributed by atoms with E-state index in [-0.39, 0.29) is 29.1 Å². The molecule has 0 radical (unpaired) electrons. The van der Waals surface area contributed by atoms with Crippen LogP contribution in [0.3, 0.4) is 0 Å². The first-order valence-corrected chi connectivity index (χ1v) is 7.64. The average molecular weight is 345 g/mol. The van der Waals surface area contributed by atoms with Gasteiger partial charge >= 0.3 is 0 Å². The molecule has 21 heavy (non-hydrogen) atoms. The average Bonchev–Trinajstić information content (AvgIpc) is 2.89. The summed E-state index contributed by atoms with van der Waals surface area (Å²) >= 11 is 3.39. The van der Waals surface area contributed by atoms with Crippen molar-refractivity contribution in [3.8, 4) is 0 Å². The van der Waals surface area contributed by atoms with Crippen molar-refractivity contribution in [2.24, 2.45) is 17.3 Å². The van der Waals surface area contributed by atoms with Gasteiger partial charge in [0.05, 0.1) is 23.0 Å². The molecule has 5 heteroatoms. The van der Waals surface area contributed by atoms with Gasteiger partial charge in [-0.15, -0.1) is 0 Å². The molecular formula is C16H13BrN2O2. The second kappa shape index (κ2) is 3.91. The molecule has 106 valence electrons. The van der Waals surface area contributed by atoms with Gasteiger partial charge < -0.3 is 0 Å². The van der Waals surface area contributed by atoms with Crippen LogP contribution in [0.1, 0.15) is 13.8 Å². The molecule has 0 N–H and O–H groups in total. The molecular weight excluding hydrogens is 332 g/mol. The molecule has 1 aliphatic heterocycles. The third kappa shape index (κ3) is 1.58. The minimum absolute atomic E-state index is 0.0905. The summed E-state index contributed by atoms with van der Waals surface area (Å²) in [5.74, 6) is -0.522. The lowest BCUT2D eigenvalue weighted by Crippen LogP contribution is -2.36. The van der Waals surface area contributed by atoms with Crippen molar-refractivity contribution in [1.82, 2.24) is 4.98 Å². The lowest BCUT2D eigenvalue weighted by atomic mass is 10.0. The second-order valence-electron chi connectivity index (χ2n) is 6.29. The van der Waals surface area contributed by atoms with Gasteiger partial charge in [0.1, 0.15) is 0 Å². The van der Waals surface area contributed by atoms with Crippen LogP contribution in [-0.4, -0.2) is 16.8 Å². The highest BCUT2D eigenvalue weighted by molar-refractivity contribution is 9.10. The van der Waals surface area contributed by atoms with Gasteiger partial charge in [0.25, 0.3) is 0 Å². The quantitative estimate of drug-likeness (QED) is 0.746. The normalized spacial score (nSPS) is 26.3. The van der Waals surface area contributed by atoms with Crippen LogP contribution >= 0.6 is 15.9 Å². The summed E-state index contributed by atoms with van der Waals surface area (Å²) in [4.78, 5) is 30.8. The Balaban J connectivity index is 1.86. The van der Waals surface area contributed by atoms with Gasteiger partial charge in [0.2, 0.25) is 11.8 Å². The molecule has 1 aromatic heterocycles. The van der Waals surface area contributed by atoms with Crippen LogP contribution in [0.15, 0.2) is 34.9 Å². The van der Waals surface area contributed by atoms with Crippen LogP contribution in [0.2, 0.25) is 0 Å². The van der Waals surface area contributed by atoms with Gasteiger partial charge in [-0.25, -0.2) is 4.90 Å². The third-order valence-electron chi connectivity index (χ3n) is 4.70. The number of carbonyl (C=O) groups excluding carboxylic acids is 2. The molecule has 0 bridgehead atoms. The summed E-state index contributed by atoms with van der Waals surface area (Å²) in [5.41, 5.74) is 1.09. The summed E-state index contributed by atoms with van der Waals surface area (Å²) in [6, 6.07) is 7.49. The monoisotopic (exact) mass is 344 g/mol. The van der Waals surface area contributed by atoms with Crippen molar-refractivity contribution >= 4 is 44.3 Å². The number of imide groups is 1. The number of para-hydroxylation sites is 1. The Morgan fingerprint density at radius 1 is 1.19 bits per heavy atom. The lowest BCUT2D eigenvalue weighted by Gasteiger charge is -2.21.